The molecule has 560 valence electrons. The normalized spacial score (nSPS) is 12.7. The van der Waals surface area contributed by atoms with Crippen LogP contribution in [-0.4, -0.2) is 9.97 Å². The topological polar surface area (TPSA) is 42.2 Å². The molecule has 3 aromatic heterocycles. The first-order valence-corrected chi connectivity index (χ1v) is 41.7. The fourth-order valence-corrected chi connectivity index (χ4v) is 21.0. The molecule has 0 unspecified atom stereocenters. The van der Waals surface area contributed by atoms with Crippen molar-refractivity contribution in [3.8, 4) is 78.1 Å². The minimum atomic E-state index is -0.492. The van der Waals surface area contributed by atoms with Crippen molar-refractivity contribution in [3.05, 3.63) is 453 Å². The molecule has 1 aliphatic carbocycles. The summed E-state index contributed by atoms with van der Waals surface area (Å²) in [7, 11) is 0. The first kappa shape index (κ1) is 68.4. The molecule has 0 N–H and O–H groups in total. The molecule has 0 saturated carbocycles. The lowest BCUT2D eigenvalue weighted by Gasteiger charge is -2.45. The molecule has 1 spiro atoms. The third-order valence-corrected chi connectivity index (χ3v) is 26.1. The Morgan fingerprint density at radius 3 is 1.13 bits per heavy atom. The van der Waals surface area contributed by atoms with Crippen LogP contribution in [0.3, 0.4) is 0 Å². The van der Waals surface area contributed by atoms with Gasteiger partial charge in [-0.15, -0.1) is 0 Å². The molecule has 21 aromatic carbocycles. The van der Waals surface area contributed by atoms with Crippen LogP contribution in [0, 0.1) is 0 Å². The van der Waals surface area contributed by atoms with Crippen molar-refractivity contribution >= 4 is 147 Å². The third kappa shape index (κ3) is 10.4. The van der Waals surface area contributed by atoms with E-state index in [1.165, 1.54) is 186 Å². The van der Waals surface area contributed by atoms with Crippen molar-refractivity contribution in [3.63, 3.8) is 0 Å². The molecule has 26 rings (SSSR count). The minimum Gasteiger partial charge on any atom is -0.456 e. The minimum absolute atomic E-state index is 0.492. The number of anilines is 3. The average molecular weight is 1530 g/mol. The van der Waals surface area contributed by atoms with Gasteiger partial charge in [-0.05, 0) is 259 Å². The summed E-state index contributed by atoms with van der Waals surface area (Å²) in [6, 6.07) is 153. The van der Waals surface area contributed by atoms with E-state index in [2.05, 4.69) is 430 Å². The quantitative estimate of drug-likeness (QED) is 0.118. The number of hydrogen-bond acceptors (Lipinski definition) is 4. The fourth-order valence-electron chi connectivity index (χ4n) is 21.0. The number of rotatable bonds is 7. The molecule has 4 nitrogen and oxygen atoms in total. The lowest BCUT2D eigenvalue weighted by atomic mass is 9.64. The van der Waals surface area contributed by atoms with Gasteiger partial charge in [0, 0.05) is 51.1 Å². The molecular formula is C117H71N3O. The maximum Gasteiger partial charge on any atom is 0.136 e. The SMILES string of the molecule is c1ccc(N2c3ccccc3C3(c4ccccc4-c4cc(-c5ccc(-c6c7ccccc7c(-c7cc8ccccc8c8ccccc78)c7ccccc67)cn5)ccc43)c3ccccc32)cc1.c1ccc2cc3c(cc2c1)oc1ccc(-c2ccc(-c4c5ccccc5c(-c5ccc6c7ccccc7c7ccccc7c6c5)c5ccccc45)cn2)cc13. The second kappa shape index (κ2) is 27.1. The predicted molar refractivity (Wildman–Crippen MR) is 509 cm³/mol. The number of para-hydroxylation sites is 3. The Labute approximate surface area is 698 Å². The predicted octanol–water partition coefficient (Wildman–Crippen LogP) is 31.7. The van der Waals surface area contributed by atoms with E-state index in [4.69, 9.17) is 14.4 Å². The summed E-state index contributed by atoms with van der Waals surface area (Å²) >= 11 is 0. The molecule has 0 amide bonds. The van der Waals surface area contributed by atoms with Crippen molar-refractivity contribution in [1.29, 1.82) is 0 Å². The molecule has 1 aliphatic heterocycles. The molecule has 4 heterocycles. The lowest BCUT2D eigenvalue weighted by molar-refractivity contribution is 0.669. The van der Waals surface area contributed by atoms with Crippen LogP contribution in [0.1, 0.15) is 22.3 Å². The second-order valence-corrected chi connectivity index (χ2v) is 32.4. The van der Waals surface area contributed by atoms with Gasteiger partial charge in [-0.3, -0.25) is 9.97 Å². The van der Waals surface area contributed by atoms with Crippen LogP contribution in [0.25, 0.3) is 208 Å². The van der Waals surface area contributed by atoms with E-state index in [1.54, 1.807) is 0 Å². The highest BCUT2D eigenvalue weighted by atomic mass is 16.3. The summed E-state index contributed by atoms with van der Waals surface area (Å²) in [6.07, 6.45) is 4.13. The summed E-state index contributed by atoms with van der Waals surface area (Å²) in [6.45, 7) is 0. The van der Waals surface area contributed by atoms with Crippen molar-refractivity contribution in [2.75, 3.05) is 4.90 Å². The lowest BCUT2D eigenvalue weighted by Crippen LogP contribution is -2.36. The summed E-state index contributed by atoms with van der Waals surface area (Å²) in [5.74, 6) is 0. The van der Waals surface area contributed by atoms with Crippen molar-refractivity contribution < 1.29 is 4.42 Å². The maximum absolute atomic E-state index is 6.29. The Hall–Kier alpha value is -15.9. The molecule has 0 saturated heterocycles. The maximum atomic E-state index is 6.29. The number of aromatic nitrogens is 2. The monoisotopic (exact) mass is 1530 g/mol. The largest absolute Gasteiger partial charge is 0.456 e. The van der Waals surface area contributed by atoms with Crippen LogP contribution >= 0.6 is 0 Å². The molecular weight excluding hydrogens is 1460 g/mol. The number of benzene rings is 21. The van der Waals surface area contributed by atoms with E-state index in [9.17, 15) is 0 Å². The Morgan fingerprint density at radius 1 is 0.198 bits per heavy atom. The molecule has 0 bridgehead atoms. The highest BCUT2D eigenvalue weighted by molar-refractivity contribution is 6.29. The van der Waals surface area contributed by atoms with Crippen LogP contribution < -0.4 is 4.90 Å². The van der Waals surface area contributed by atoms with Crippen LogP contribution in [0.15, 0.2) is 435 Å². The Kier molecular flexibility index (Phi) is 15.3. The van der Waals surface area contributed by atoms with Gasteiger partial charge in [0.2, 0.25) is 0 Å². The number of hydrogen-bond donors (Lipinski definition) is 0. The second-order valence-electron chi connectivity index (χ2n) is 32.4. The van der Waals surface area contributed by atoms with E-state index in [1.807, 2.05) is 6.20 Å². The summed E-state index contributed by atoms with van der Waals surface area (Å²) < 4.78 is 6.29. The first-order chi connectivity index (χ1) is 60.0. The van der Waals surface area contributed by atoms with Gasteiger partial charge in [0.25, 0.3) is 0 Å². The van der Waals surface area contributed by atoms with Gasteiger partial charge in [0.15, 0.2) is 0 Å². The smallest absolute Gasteiger partial charge is 0.136 e. The molecule has 2 aliphatic rings. The summed E-state index contributed by atoms with van der Waals surface area (Å²) in [5, 5.41) is 27.2. The van der Waals surface area contributed by atoms with Crippen molar-refractivity contribution in [1.82, 2.24) is 9.97 Å². The van der Waals surface area contributed by atoms with Gasteiger partial charge in [-0.2, -0.15) is 0 Å². The molecule has 0 fully saturated rings. The van der Waals surface area contributed by atoms with E-state index in [-0.39, 0.29) is 0 Å². The zero-order chi connectivity index (χ0) is 79.4. The molecule has 4 heteroatoms. The zero-order valence-electron chi connectivity index (χ0n) is 65.7. The van der Waals surface area contributed by atoms with Gasteiger partial charge in [0.1, 0.15) is 11.2 Å². The molecule has 0 atom stereocenters. The molecule has 24 aromatic rings. The average Bonchev–Trinajstić information content (AvgIpc) is 1.53. The third-order valence-electron chi connectivity index (χ3n) is 26.1. The standard InChI is InChI=1S/C64H40N2.C53H31NO/c1-2-19-44(20-3-1)66-60-32-16-14-30-57(60)64(58-31-15-17-33-61(58)66)55-29-13-12-24-48(55)53-39-42(34-36-56(53)64)59-37-35-43(40-65-59)62-49-25-8-10-27-51(49)63(52-28-11-9-26-50(52)62)54-38-41-18-4-5-21-45(41)46-22-6-7-23-47(46)54;1-2-12-33-30-51-48(27-32(33)11-1)47-28-34(23-26-50(47)55-51)49-25-22-36(31-54-49)53-44-19-9-7-17-42(44)52(43-18-8-10-20-45(43)53)35-21-24-41-39-15-4-3-13-37(39)38-14-5-6-16-40(38)46(41)29-35/h1-40H;1-31H. The summed E-state index contributed by atoms with van der Waals surface area (Å²) in [5.41, 5.74) is 26.2. The zero-order valence-corrected chi connectivity index (χ0v) is 65.7. The van der Waals surface area contributed by atoms with Gasteiger partial charge in [-0.1, -0.05) is 334 Å². The number of fused-ring (bicyclic) bond motifs is 26. The van der Waals surface area contributed by atoms with Crippen LogP contribution in [0.5, 0.6) is 0 Å². The Balaban J connectivity index is 0.000000136. The molecule has 0 radical (unpaired) electrons. The van der Waals surface area contributed by atoms with Crippen LogP contribution in [0.2, 0.25) is 0 Å². The van der Waals surface area contributed by atoms with Crippen LogP contribution in [-0.2, 0) is 5.41 Å². The van der Waals surface area contributed by atoms with Crippen LogP contribution in [0.4, 0.5) is 17.1 Å². The van der Waals surface area contributed by atoms with Crippen molar-refractivity contribution in [2.45, 2.75) is 5.41 Å². The van der Waals surface area contributed by atoms with Gasteiger partial charge >= 0.3 is 0 Å². The first-order valence-electron chi connectivity index (χ1n) is 41.7. The Morgan fingerprint density at radius 2 is 0.579 bits per heavy atom. The van der Waals surface area contributed by atoms with Crippen molar-refractivity contribution in [2.24, 2.45) is 0 Å². The van der Waals surface area contributed by atoms with E-state index in [0.717, 1.165) is 61.3 Å². The van der Waals surface area contributed by atoms with Gasteiger partial charge in [0.05, 0.1) is 28.2 Å². The number of pyridine rings is 2. The van der Waals surface area contributed by atoms with E-state index in [0.29, 0.717) is 0 Å². The van der Waals surface area contributed by atoms with Gasteiger partial charge < -0.3 is 9.32 Å². The Bertz CT molecular complexity index is 8270. The highest BCUT2D eigenvalue weighted by Gasteiger charge is 2.52. The summed E-state index contributed by atoms with van der Waals surface area (Å²) in [4.78, 5) is 12.8. The number of nitrogens with zero attached hydrogens (tertiary/aromatic N) is 3. The molecule has 121 heavy (non-hydrogen) atoms. The fraction of sp³-hybridized carbons (Fsp3) is 0.00855. The van der Waals surface area contributed by atoms with E-state index >= 15 is 0 Å². The van der Waals surface area contributed by atoms with Gasteiger partial charge in [-0.25, -0.2) is 0 Å². The number of furan rings is 1. The highest BCUT2D eigenvalue weighted by Crippen LogP contribution is 2.64. The van der Waals surface area contributed by atoms with E-state index < -0.39 is 5.41 Å².